The SMILES string of the molecule is C=CNc1ccc(OCC)cc1. The van der Waals surface area contributed by atoms with Gasteiger partial charge in [-0.25, -0.2) is 0 Å². The number of hydrogen-bond acceptors (Lipinski definition) is 2. The van der Waals surface area contributed by atoms with Crippen molar-refractivity contribution in [1.29, 1.82) is 0 Å². The van der Waals surface area contributed by atoms with Crippen LogP contribution in [-0.4, -0.2) is 6.61 Å². The summed E-state index contributed by atoms with van der Waals surface area (Å²) in [5.74, 6) is 0.895. The predicted octanol–water partition coefficient (Wildman–Crippen LogP) is 2.64. The van der Waals surface area contributed by atoms with Crippen LogP contribution < -0.4 is 10.1 Å². The van der Waals surface area contributed by atoms with Crippen LogP contribution in [0.2, 0.25) is 0 Å². The monoisotopic (exact) mass is 163 g/mol. The van der Waals surface area contributed by atoms with Crippen LogP contribution in [-0.2, 0) is 0 Å². The molecule has 0 saturated heterocycles. The van der Waals surface area contributed by atoms with Crippen molar-refractivity contribution in [2.45, 2.75) is 6.92 Å². The zero-order valence-corrected chi connectivity index (χ0v) is 7.21. The highest BCUT2D eigenvalue weighted by atomic mass is 16.5. The molecule has 2 heteroatoms. The molecule has 0 radical (unpaired) electrons. The summed E-state index contributed by atoms with van der Waals surface area (Å²) in [5.41, 5.74) is 1.02. The molecule has 0 bridgehead atoms. The molecule has 1 aromatic carbocycles. The van der Waals surface area contributed by atoms with Crippen molar-refractivity contribution >= 4 is 5.69 Å². The van der Waals surface area contributed by atoms with Gasteiger partial charge < -0.3 is 10.1 Å². The van der Waals surface area contributed by atoms with Gasteiger partial charge in [0.15, 0.2) is 0 Å². The fourth-order valence-corrected chi connectivity index (χ4v) is 0.932. The molecular weight excluding hydrogens is 150 g/mol. The Hall–Kier alpha value is -1.44. The number of nitrogens with one attached hydrogen (secondary N) is 1. The van der Waals surface area contributed by atoms with Crippen molar-refractivity contribution in [2.75, 3.05) is 11.9 Å². The molecule has 64 valence electrons. The number of ether oxygens (including phenoxy) is 1. The van der Waals surface area contributed by atoms with Crippen LogP contribution in [0.5, 0.6) is 5.75 Å². The molecular formula is C10H13NO. The highest BCUT2D eigenvalue weighted by Crippen LogP contribution is 2.15. The van der Waals surface area contributed by atoms with Gasteiger partial charge in [0.1, 0.15) is 5.75 Å². The van der Waals surface area contributed by atoms with Crippen molar-refractivity contribution in [3.8, 4) is 5.75 Å². The molecule has 1 aromatic rings. The van der Waals surface area contributed by atoms with Crippen molar-refractivity contribution < 1.29 is 4.74 Å². The Morgan fingerprint density at radius 2 is 2.08 bits per heavy atom. The summed E-state index contributed by atoms with van der Waals surface area (Å²) in [6.45, 7) is 6.24. The van der Waals surface area contributed by atoms with Crippen LogP contribution in [0, 0.1) is 0 Å². The van der Waals surface area contributed by atoms with E-state index in [0.717, 1.165) is 11.4 Å². The van der Waals surface area contributed by atoms with Gasteiger partial charge in [-0.15, -0.1) is 0 Å². The highest BCUT2D eigenvalue weighted by Gasteiger charge is 1.90. The van der Waals surface area contributed by atoms with Crippen LogP contribution in [0.1, 0.15) is 6.92 Å². The van der Waals surface area contributed by atoms with Gasteiger partial charge in [0.2, 0.25) is 0 Å². The van der Waals surface area contributed by atoms with Crippen LogP contribution >= 0.6 is 0 Å². The van der Waals surface area contributed by atoms with Crippen LogP contribution in [0.25, 0.3) is 0 Å². The first kappa shape index (κ1) is 8.65. The third-order valence-corrected chi connectivity index (χ3v) is 1.43. The maximum Gasteiger partial charge on any atom is 0.119 e. The Morgan fingerprint density at radius 1 is 1.42 bits per heavy atom. The fourth-order valence-electron chi connectivity index (χ4n) is 0.932. The number of anilines is 1. The highest BCUT2D eigenvalue weighted by molar-refractivity contribution is 5.47. The third-order valence-electron chi connectivity index (χ3n) is 1.43. The van der Waals surface area contributed by atoms with Crippen LogP contribution in [0.4, 0.5) is 5.69 Å². The summed E-state index contributed by atoms with van der Waals surface area (Å²) >= 11 is 0. The summed E-state index contributed by atoms with van der Waals surface area (Å²) < 4.78 is 5.29. The van der Waals surface area contributed by atoms with Gasteiger partial charge in [-0.3, -0.25) is 0 Å². The van der Waals surface area contributed by atoms with Gasteiger partial charge in [0, 0.05) is 5.69 Å². The molecule has 2 nitrogen and oxygen atoms in total. The van der Waals surface area contributed by atoms with Crippen molar-refractivity contribution in [3.63, 3.8) is 0 Å². The lowest BCUT2D eigenvalue weighted by molar-refractivity contribution is 0.340. The molecule has 0 atom stereocenters. The van der Waals surface area contributed by atoms with E-state index in [1.807, 2.05) is 31.2 Å². The van der Waals surface area contributed by atoms with Gasteiger partial charge in [0.25, 0.3) is 0 Å². The summed E-state index contributed by atoms with van der Waals surface area (Å²) in [5, 5.41) is 2.99. The molecule has 1 rings (SSSR count). The van der Waals surface area contributed by atoms with E-state index in [1.165, 1.54) is 0 Å². The molecule has 0 aliphatic heterocycles. The Bertz CT molecular complexity index is 241. The van der Waals surface area contributed by atoms with Gasteiger partial charge in [-0.2, -0.15) is 0 Å². The fraction of sp³-hybridized carbons (Fsp3) is 0.200. The minimum atomic E-state index is 0.703. The minimum absolute atomic E-state index is 0.703. The summed E-state index contributed by atoms with van der Waals surface area (Å²) in [6.07, 6.45) is 1.65. The zero-order valence-electron chi connectivity index (χ0n) is 7.21. The molecule has 0 aromatic heterocycles. The first-order chi connectivity index (χ1) is 5.86. The smallest absolute Gasteiger partial charge is 0.119 e. The van der Waals surface area contributed by atoms with E-state index in [0.29, 0.717) is 6.61 Å². The first-order valence-corrected chi connectivity index (χ1v) is 3.97. The van der Waals surface area contributed by atoms with Crippen molar-refractivity contribution in [1.82, 2.24) is 0 Å². The van der Waals surface area contributed by atoms with E-state index >= 15 is 0 Å². The quantitative estimate of drug-likeness (QED) is 0.736. The molecule has 0 saturated carbocycles. The predicted molar refractivity (Wildman–Crippen MR) is 51.4 cm³/mol. The minimum Gasteiger partial charge on any atom is -0.494 e. The van der Waals surface area contributed by atoms with E-state index in [4.69, 9.17) is 4.74 Å². The molecule has 0 aliphatic carbocycles. The lowest BCUT2D eigenvalue weighted by atomic mass is 10.3. The lowest BCUT2D eigenvalue weighted by Crippen LogP contribution is -1.91. The number of rotatable bonds is 4. The van der Waals surface area contributed by atoms with Crippen molar-refractivity contribution in [3.05, 3.63) is 37.0 Å². The van der Waals surface area contributed by atoms with E-state index in [-0.39, 0.29) is 0 Å². The average molecular weight is 163 g/mol. The maximum absolute atomic E-state index is 5.29. The largest absolute Gasteiger partial charge is 0.494 e. The molecule has 0 amide bonds. The molecule has 12 heavy (non-hydrogen) atoms. The topological polar surface area (TPSA) is 21.3 Å². The summed E-state index contributed by atoms with van der Waals surface area (Å²) in [4.78, 5) is 0. The molecule has 0 spiro atoms. The third kappa shape index (κ3) is 2.31. The molecule has 1 N–H and O–H groups in total. The average Bonchev–Trinajstić information content (AvgIpc) is 2.09. The van der Waals surface area contributed by atoms with Crippen molar-refractivity contribution in [2.24, 2.45) is 0 Å². The summed E-state index contributed by atoms with van der Waals surface area (Å²) in [7, 11) is 0. The van der Waals surface area contributed by atoms with E-state index in [1.54, 1.807) is 6.20 Å². The zero-order chi connectivity index (χ0) is 8.81. The van der Waals surface area contributed by atoms with E-state index in [9.17, 15) is 0 Å². The maximum atomic E-state index is 5.29. The van der Waals surface area contributed by atoms with Gasteiger partial charge in [-0.05, 0) is 37.4 Å². The Balaban J connectivity index is 2.64. The summed E-state index contributed by atoms with van der Waals surface area (Å²) in [6, 6.07) is 7.75. The number of hydrogen-bond donors (Lipinski definition) is 1. The first-order valence-electron chi connectivity index (χ1n) is 3.97. The molecule has 0 heterocycles. The second kappa shape index (κ2) is 4.44. The van der Waals surface area contributed by atoms with E-state index in [2.05, 4.69) is 11.9 Å². The van der Waals surface area contributed by atoms with Crippen LogP contribution in [0.15, 0.2) is 37.0 Å². The van der Waals surface area contributed by atoms with Crippen LogP contribution in [0.3, 0.4) is 0 Å². The van der Waals surface area contributed by atoms with E-state index < -0.39 is 0 Å². The molecule has 0 aliphatic rings. The number of benzene rings is 1. The van der Waals surface area contributed by atoms with Gasteiger partial charge >= 0.3 is 0 Å². The second-order valence-electron chi connectivity index (χ2n) is 2.31. The normalized spacial score (nSPS) is 9.08. The van der Waals surface area contributed by atoms with Gasteiger partial charge in [-0.1, -0.05) is 6.58 Å². The molecule has 0 fully saturated rings. The van der Waals surface area contributed by atoms with Gasteiger partial charge in [0.05, 0.1) is 6.61 Å². The Labute approximate surface area is 72.9 Å². The Morgan fingerprint density at radius 3 is 2.58 bits per heavy atom. The lowest BCUT2D eigenvalue weighted by Gasteiger charge is -2.03. The standard InChI is InChI=1S/C10H13NO/c1-3-11-9-5-7-10(8-6-9)12-4-2/h3,5-8,11H,1,4H2,2H3. The Kier molecular flexibility index (Phi) is 3.20. The second-order valence-corrected chi connectivity index (χ2v) is 2.31. The molecule has 0 unspecified atom stereocenters.